The molecule has 3 rings (SSSR count). The van der Waals surface area contributed by atoms with Crippen LogP contribution in [0.5, 0.6) is 0 Å². The molecule has 2 aromatic carbocycles. The van der Waals surface area contributed by atoms with Gasteiger partial charge in [0, 0.05) is 42.1 Å². The lowest BCUT2D eigenvalue weighted by Gasteiger charge is -2.29. The third kappa shape index (κ3) is 7.00. The molecule has 0 saturated heterocycles. The van der Waals surface area contributed by atoms with E-state index >= 15 is 0 Å². The number of amides is 1. The fourth-order valence-electron chi connectivity index (χ4n) is 4.01. The number of benzene rings is 2. The molecule has 33 heavy (non-hydrogen) atoms. The lowest BCUT2D eigenvalue weighted by atomic mass is 10.0. The number of anilines is 2. The van der Waals surface area contributed by atoms with E-state index in [2.05, 4.69) is 41.3 Å². The summed E-state index contributed by atoms with van der Waals surface area (Å²) in [4.78, 5) is 16.6. The number of nitriles is 1. The van der Waals surface area contributed by atoms with Crippen LogP contribution in [0, 0.1) is 11.3 Å². The summed E-state index contributed by atoms with van der Waals surface area (Å²) in [5.74, 6) is 0. The highest BCUT2D eigenvalue weighted by Gasteiger charge is 2.23. The van der Waals surface area contributed by atoms with E-state index in [0.717, 1.165) is 42.9 Å². The Morgan fingerprint density at radius 2 is 1.88 bits per heavy atom. The van der Waals surface area contributed by atoms with Gasteiger partial charge >= 0.3 is 6.09 Å². The van der Waals surface area contributed by atoms with Crippen molar-refractivity contribution >= 4 is 29.1 Å². The standard InChI is InChI=1S/C27H32ClN3O2/c1-27(2,3)33-26(32)30(17-7-6-16-29)18-8-9-19-31-24-11-5-4-10-21(24)12-13-22-14-15-23(28)20-25(22)31/h4-7,10-11,14-15,20H,8-9,12-13,17-19H2,1-3H3/b7-6+. The second-order valence-corrected chi connectivity index (χ2v) is 9.65. The molecule has 0 N–H and O–H groups in total. The fraction of sp³-hybridized carbons (Fsp3) is 0.407. The quantitative estimate of drug-likeness (QED) is 0.338. The van der Waals surface area contributed by atoms with Gasteiger partial charge < -0.3 is 14.5 Å². The van der Waals surface area contributed by atoms with Crippen molar-refractivity contribution in [1.82, 2.24) is 4.90 Å². The van der Waals surface area contributed by atoms with E-state index in [4.69, 9.17) is 21.6 Å². The second kappa shape index (κ2) is 11.2. The van der Waals surface area contributed by atoms with Crippen LogP contribution in [0.4, 0.5) is 16.2 Å². The maximum Gasteiger partial charge on any atom is 0.410 e. The van der Waals surface area contributed by atoms with Crippen LogP contribution in [-0.2, 0) is 17.6 Å². The van der Waals surface area contributed by atoms with Crippen molar-refractivity contribution in [1.29, 1.82) is 5.26 Å². The molecule has 1 amide bonds. The Morgan fingerprint density at radius 3 is 2.61 bits per heavy atom. The summed E-state index contributed by atoms with van der Waals surface area (Å²) in [5, 5.41) is 9.51. The van der Waals surface area contributed by atoms with Crippen molar-refractivity contribution in [2.24, 2.45) is 0 Å². The number of carbonyl (C=O) groups is 1. The Hall–Kier alpha value is -2.97. The minimum atomic E-state index is -0.562. The van der Waals surface area contributed by atoms with Crippen LogP contribution >= 0.6 is 11.6 Å². The van der Waals surface area contributed by atoms with Crippen molar-refractivity contribution in [2.45, 2.75) is 52.1 Å². The molecule has 1 aliphatic rings. The second-order valence-electron chi connectivity index (χ2n) is 9.22. The normalized spacial score (nSPS) is 13.1. The Bertz CT molecular complexity index is 1040. The predicted octanol–water partition coefficient (Wildman–Crippen LogP) is 6.67. The Kier molecular flexibility index (Phi) is 8.41. The summed E-state index contributed by atoms with van der Waals surface area (Å²) < 4.78 is 5.55. The van der Waals surface area contributed by atoms with Gasteiger partial charge in [-0.25, -0.2) is 4.79 Å². The third-order valence-corrected chi connectivity index (χ3v) is 5.75. The minimum absolute atomic E-state index is 0.355. The van der Waals surface area contributed by atoms with Gasteiger partial charge in [-0.3, -0.25) is 0 Å². The topological polar surface area (TPSA) is 56.6 Å². The van der Waals surface area contributed by atoms with E-state index in [1.54, 1.807) is 11.0 Å². The van der Waals surface area contributed by atoms with Gasteiger partial charge in [0.1, 0.15) is 5.60 Å². The molecular formula is C27H32ClN3O2. The maximum absolute atomic E-state index is 12.6. The number of allylic oxidation sites excluding steroid dienone is 1. The number of carbonyl (C=O) groups excluding carboxylic acids is 1. The molecule has 0 bridgehead atoms. The van der Waals surface area contributed by atoms with E-state index < -0.39 is 5.60 Å². The number of fused-ring (bicyclic) bond motifs is 2. The molecule has 0 atom stereocenters. The smallest absolute Gasteiger partial charge is 0.410 e. The molecule has 0 fully saturated rings. The first-order chi connectivity index (χ1) is 15.8. The van der Waals surface area contributed by atoms with Gasteiger partial charge in [-0.05, 0) is 75.8 Å². The van der Waals surface area contributed by atoms with Crippen molar-refractivity contribution in [3.8, 4) is 6.07 Å². The number of ether oxygens (including phenoxy) is 1. The Morgan fingerprint density at radius 1 is 1.15 bits per heavy atom. The molecule has 0 radical (unpaired) electrons. The van der Waals surface area contributed by atoms with Crippen LogP contribution < -0.4 is 4.90 Å². The Balaban J connectivity index is 1.71. The van der Waals surface area contributed by atoms with Gasteiger partial charge in [0.2, 0.25) is 0 Å². The number of halogens is 1. The monoisotopic (exact) mass is 465 g/mol. The van der Waals surface area contributed by atoms with Crippen LogP contribution in [-0.4, -0.2) is 36.2 Å². The lowest BCUT2D eigenvalue weighted by molar-refractivity contribution is 0.0269. The number of rotatable bonds is 7. The highest BCUT2D eigenvalue weighted by Crippen LogP contribution is 2.37. The SMILES string of the molecule is CC(C)(C)OC(=O)N(C/C=C/C#N)CCCCN1c2ccccc2CCc2ccc(Cl)cc21. The molecule has 174 valence electrons. The van der Waals surface area contributed by atoms with E-state index in [1.807, 2.05) is 32.9 Å². The first-order valence-corrected chi connectivity index (χ1v) is 11.8. The number of aryl methyl sites for hydroxylation is 2. The van der Waals surface area contributed by atoms with Crippen LogP contribution in [0.2, 0.25) is 5.02 Å². The van der Waals surface area contributed by atoms with Gasteiger partial charge in [0.05, 0.1) is 6.07 Å². The van der Waals surface area contributed by atoms with Gasteiger partial charge in [-0.2, -0.15) is 5.26 Å². The summed E-state index contributed by atoms with van der Waals surface area (Å²) in [6, 6.07) is 16.6. The molecule has 2 aromatic rings. The molecule has 5 nitrogen and oxygen atoms in total. The third-order valence-electron chi connectivity index (χ3n) is 5.51. The van der Waals surface area contributed by atoms with Crippen molar-refractivity contribution in [3.05, 3.63) is 70.8 Å². The molecule has 0 unspecified atom stereocenters. The molecule has 0 saturated carbocycles. The molecule has 0 aromatic heterocycles. The number of hydrogen-bond donors (Lipinski definition) is 0. The highest BCUT2D eigenvalue weighted by atomic mass is 35.5. The van der Waals surface area contributed by atoms with Gasteiger partial charge in [-0.15, -0.1) is 0 Å². The highest BCUT2D eigenvalue weighted by molar-refractivity contribution is 6.30. The van der Waals surface area contributed by atoms with E-state index in [0.29, 0.717) is 13.1 Å². The average Bonchev–Trinajstić information content (AvgIpc) is 2.91. The van der Waals surface area contributed by atoms with E-state index in [9.17, 15) is 4.79 Å². The molecule has 1 aliphatic heterocycles. The summed E-state index contributed by atoms with van der Waals surface area (Å²) in [6.45, 7) is 7.30. The molecule has 6 heteroatoms. The summed E-state index contributed by atoms with van der Waals surface area (Å²) in [5.41, 5.74) is 4.45. The van der Waals surface area contributed by atoms with Crippen LogP contribution in [0.15, 0.2) is 54.6 Å². The first-order valence-electron chi connectivity index (χ1n) is 11.4. The minimum Gasteiger partial charge on any atom is -0.444 e. The fourth-order valence-corrected chi connectivity index (χ4v) is 4.18. The zero-order valence-electron chi connectivity index (χ0n) is 19.7. The zero-order chi connectivity index (χ0) is 23.8. The lowest BCUT2D eigenvalue weighted by Crippen LogP contribution is -2.37. The molecule has 1 heterocycles. The number of hydrogen-bond acceptors (Lipinski definition) is 4. The van der Waals surface area contributed by atoms with Crippen molar-refractivity contribution in [3.63, 3.8) is 0 Å². The number of nitrogens with zero attached hydrogens (tertiary/aromatic N) is 3. The summed E-state index contributed by atoms with van der Waals surface area (Å²) in [6.07, 6.45) is 6.41. The molecular weight excluding hydrogens is 434 g/mol. The van der Waals surface area contributed by atoms with Crippen LogP contribution in [0.3, 0.4) is 0 Å². The maximum atomic E-state index is 12.6. The average molecular weight is 466 g/mol. The molecule has 0 spiro atoms. The van der Waals surface area contributed by atoms with E-state index in [-0.39, 0.29) is 6.09 Å². The first kappa shape index (κ1) is 24.7. The van der Waals surface area contributed by atoms with Crippen molar-refractivity contribution < 1.29 is 9.53 Å². The number of unbranched alkanes of at least 4 members (excludes halogenated alkanes) is 1. The zero-order valence-corrected chi connectivity index (χ0v) is 20.4. The van der Waals surface area contributed by atoms with E-state index in [1.165, 1.54) is 22.9 Å². The predicted molar refractivity (Wildman–Crippen MR) is 134 cm³/mol. The van der Waals surface area contributed by atoms with Gasteiger partial charge in [-0.1, -0.05) is 41.9 Å². The van der Waals surface area contributed by atoms with Crippen molar-refractivity contribution in [2.75, 3.05) is 24.5 Å². The van der Waals surface area contributed by atoms with Gasteiger partial charge in [0.25, 0.3) is 0 Å². The van der Waals surface area contributed by atoms with Crippen LogP contribution in [0.25, 0.3) is 0 Å². The van der Waals surface area contributed by atoms with Gasteiger partial charge in [0.15, 0.2) is 0 Å². The molecule has 0 aliphatic carbocycles. The number of para-hydroxylation sites is 1. The largest absolute Gasteiger partial charge is 0.444 e. The van der Waals surface area contributed by atoms with Crippen LogP contribution in [0.1, 0.15) is 44.7 Å². The summed E-state index contributed by atoms with van der Waals surface area (Å²) in [7, 11) is 0. The summed E-state index contributed by atoms with van der Waals surface area (Å²) >= 11 is 6.36. The Labute approximate surface area is 202 Å².